The van der Waals surface area contributed by atoms with Gasteiger partial charge in [-0.25, -0.2) is 13.4 Å². The molecule has 0 radical (unpaired) electrons. The third-order valence-electron chi connectivity index (χ3n) is 3.86. The van der Waals surface area contributed by atoms with Crippen molar-refractivity contribution in [3.05, 3.63) is 60.0 Å². The van der Waals surface area contributed by atoms with Crippen LogP contribution >= 0.6 is 11.3 Å². The second kappa shape index (κ2) is 6.47. The molecule has 0 saturated carbocycles. The van der Waals surface area contributed by atoms with Crippen LogP contribution in [0.3, 0.4) is 0 Å². The molecule has 0 bridgehead atoms. The molecule has 2 heterocycles. The Morgan fingerprint density at radius 2 is 1.92 bits per heavy atom. The minimum Gasteiger partial charge on any atom is -0.497 e. The first kappa shape index (κ1) is 16.6. The molecular formula is C18H15N3O3S2. The first-order valence-electron chi connectivity index (χ1n) is 7.76. The molecule has 0 aliphatic carbocycles. The maximum atomic E-state index is 12.7. The largest absolute Gasteiger partial charge is 0.497 e. The predicted octanol–water partition coefficient (Wildman–Crippen LogP) is 4.10. The Bertz CT molecular complexity index is 1150. The van der Waals surface area contributed by atoms with Crippen molar-refractivity contribution in [2.75, 3.05) is 11.8 Å². The van der Waals surface area contributed by atoms with Crippen molar-refractivity contribution in [2.24, 2.45) is 0 Å². The Kier molecular flexibility index (Phi) is 4.14. The minimum absolute atomic E-state index is 0.169. The van der Waals surface area contributed by atoms with Crippen LogP contribution in [-0.4, -0.2) is 25.5 Å². The van der Waals surface area contributed by atoms with Crippen LogP contribution < -0.4 is 9.46 Å². The van der Waals surface area contributed by atoms with Crippen LogP contribution in [0.15, 0.2) is 64.9 Å². The average Bonchev–Trinajstić information content (AvgIpc) is 3.30. The van der Waals surface area contributed by atoms with E-state index in [1.165, 1.54) is 0 Å². The van der Waals surface area contributed by atoms with Gasteiger partial charge in [0.15, 0.2) is 0 Å². The van der Waals surface area contributed by atoms with Crippen molar-refractivity contribution in [1.82, 2.24) is 9.97 Å². The first-order valence-corrected chi connectivity index (χ1v) is 10.1. The van der Waals surface area contributed by atoms with E-state index in [1.54, 1.807) is 60.9 Å². The summed E-state index contributed by atoms with van der Waals surface area (Å²) < 4.78 is 33.0. The molecule has 132 valence electrons. The number of aromatic amines is 1. The number of ether oxygens (including phenoxy) is 1. The molecule has 0 unspecified atom stereocenters. The molecule has 26 heavy (non-hydrogen) atoms. The molecule has 0 atom stereocenters. The molecular weight excluding hydrogens is 370 g/mol. The maximum Gasteiger partial charge on any atom is 0.261 e. The van der Waals surface area contributed by atoms with E-state index in [0.29, 0.717) is 17.0 Å². The van der Waals surface area contributed by atoms with Gasteiger partial charge in [0.1, 0.15) is 11.6 Å². The summed E-state index contributed by atoms with van der Waals surface area (Å²) in [6.45, 7) is 0. The third-order valence-corrected chi connectivity index (χ3v) is 6.12. The summed E-state index contributed by atoms with van der Waals surface area (Å²) in [6.07, 6.45) is 0. The van der Waals surface area contributed by atoms with E-state index in [-0.39, 0.29) is 4.90 Å². The topological polar surface area (TPSA) is 84.1 Å². The summed E-state index contributed by atoms with van der Waals surface area (Å²) in [5.74, 6) is 1.39. The Hall–Kier alpha value is -2.84. The zero-order chi connectivity index (χ0) is 18.1. The van der Waals surface area contributed by atoms with Crippen molar-refractivity contribution >= 4 is 38.1 Å². The first-order chi connectivity index (χ1) is 12.5. The van der Waals surface area contributed by atoms with E-state index in [0.717, 1.165) is 16.2 Å². The molecule has 2 N–H and O–H groups in total. The highest BCUT2D eigenvalue weighted by molar-refractivity contribution is 7.92. The van der Waals surface area contributed by atoms with Crippen molar-refractivity contribution in [3.8, 4) is 16.5 Å². The van der Waals surface area contributed by atoms with E-state index in [9.17, 15) is 8.42 Å². The molecule has 4 aromatic rings. The number of thiophene rings is 1. The van der Waals surface area contributed by atoms with Crippen LogP contribution in [-0.2, 0) is 10.0 Å². The predicted molar refractivity (Wildman–Crippen MR) is 103 cm³/mol. The van der Waals surface area contributed by atoms with Gasteiger partial charge in [-0.05, 0) is 53.9 Å². The zero-order valence-electron chi connectivity index (χ0n) is 13.8. The molecule has 0 aliphatic heterocycles. The van der Waals surface area contributed by atoms with E-state index in [4.69, 9.17) is 4.74 Å². The summed E-state index contributed by atoms with van der Waals surface area (Å²) >= 11 is 1.57. The summed E-state index contributed by atoms with van der Waals surface area (Å²) in [5, 5.41) is 1.97. The monoisotopic (exact) mass is 385 g/mol. The van der Waals surface area contributed by atoms with Gasteiger partial charge >= 0.3 is 0 Å². The van der Waals surface area contributed by atoms with Gasteiger partial charge in [-0.1, -0.05) is 6.07 Å². The lowest BCUT2D eigenvalue weighted by Gasteiger charge is -2.08. The molecule has 2 aromatic carbocycles. The van der Waals surface area contributed by atoms with Gasteiger partial charge in [-0.2, -0.15) is 0 Å². The number of sulfonamides is 1. The SMILES string of the molecule is COc1ccc(NS(=O)(=O)c2ccc3nc(-c4cccs4)[nH]c3c2)cc1. The number of aromatic nitrogens is 2. The Balaban J connectivity index is 1.66. The lowest BCUT2D eigenvalue weighted by atomic mass is 10.3. The Morgan fingerprint density at radius 3 is 2.62 bits per heavy atom. The van der Waals surface area contributed by atoms with Crippen molar-refractivity contribution in [3.63, 3.8) is 0 Å². The fourth-order valence-electron chi connectivity index (χ4n) is 2.56. The van der Waals surface area contributed by atoms with Crippen LogP contribution in [0.4, 0.5) is 5.69 Å². The molecule has 0 amide bonds. The quantitative estimate of drug-likeness (QED) is 0.542. The standard InChI is InChI=1S/C18H15N3O3S2/c1-24-13-6-4-12(5-7-13)21-26(22,23)14-8-9-15-16(11-14)20-18(19-15)17-3-2-10-25-17/h2-11,21H,1H3,(H,19,20). The molecule has 0 aliphatic rings. The molecule has 6 nitrogen and oxygen atoms in total. The number of nitrogens with one attached hydrogen (secondary N) is 2. The summed E-state index contributed by atoms with van der Waals surface area (Å²) in [7, 11) is -2.15. The van der Waals surface area contributed by atoms with Crippen molar-refractivity contribution in [1.29, 1.82) is 0 Å². The van der Waals surface area contributed by atoms with Crippen molar-refractivity contribution < 1.29 is 13.2 Å². The number of imidazole rings is 1. The van der Waals surface area contributed by atoms with Crippen LogP contribution in [0, 0.1) is 0 Å². The number of nitrogens with zero attached hydrogens (tertiary/aromatic N) is 1. The van der Waals surface area contributed by atoms with E-state index >= 15 is 0 Å². The van der Waals surface area contributed by atoms with Crippen LogP contribution in [0.1, 0.15) is 0 Å². The van der Waals surface area contributed by atoms with E-state index in [1.807, 2.05) is 17.5 Å². The highest BCUT2D eigenvalue weighted by atomic mass is 32.2. The van der Waals surface area contributed by atoms with Gasteiger partial charge in [0.2, 0.25) is 0 Å². The Labute approximate surface area is 154 Å². The summed E-state index contributed by atoms with van der Waals surface area (Å²) in [6, 6.07) is 15.4. The lowest BCUT2D eigenvalue weighted by molar-refractivity contribution is 0.415. The van der Waals surface area contributed by atoms with Gasteiger partial charge in [0.25, 0.3) is 10.0 Å². The number of H-pyrrole nitrogens is 1. The van der Waals surface area contributed by atoms with Gasteiger partial charge in [-0.15, -0.1) is 11.3 Å². The maximum absolute atomic E-state index is 12.7. The second-order valence-electron chi connectivity index (χ2n) is 5.58. The highest BCUT2D eigenvalue weighted by Gasteiger charge is 2.16. The van der Waals surface area contributed by atoms with Crippen LogP contribution in [0.2, 0.25) is 0 Å². The highest BCUT2D eigenvalue weighted by Crippen LogP contribution is 2.26. The lowest BCUT2D eigenvalue weighted by Crippen LogP contribution is -2.12. The zero-order valence-corrected chi connectivity index (χ0v) is 15.4. The molecule has 0 fully saturated rings. The fraction of sp³-hybridized carbons (Fsp3) is 0.0556. The number of fused-ring (bicyclic) bond motifs is 1. The third kappa shape index (κ3) is 3.16. The van der Waals surface area contributed by atoms with Gasteiger partial charge < -0.3 is 9.72 Å². The number of benzene rings is 2. The normalized spacial score (nSPS) is 11.6. The summed E-state index contributed by atoms with van der Waals surface area (Å²) in [5.41, 5.74) is 1.86. The number of hydrogen-bond donors (Lipinski definition) is 2. The van der Waals surface area contributed by atoms with Crippen molar-refractivity contribution in [2.45, 2.75) is 4.90 Å². The smallest absolute Gasteiger partial charge is 0.261 e. The minimum atomic E-state index is -3.70. The van der Waals surface area contributed by atoms with Gasteiger partial charge in [0, 0.05) is 5.69 Å². The van der Waals surface area contributed by atoms with Crippen LogP contribution in [0.5, 0.6) is 5.75 Å². The number of anilines is 1. The molecule has 0 saturated heterocycles. The van der Waals surface area contributed by atoms with Gasteiger partial charge in [-0.3, -0.25) is 4.72 Å². The molecule has 0 spiro atoms. The molecule has 8 heteroatoms. The second-order valence-corrected chi connectivity index (χ2v) is 8.21. The summed E-state index contributed by atoms with van der Waals surface area (Å²) in [4.78, 5) is 8.86. The Morgan fingerprint density at radius 1 is 1.12 bits per heavy atom. The van der Waals surface area contributed by atoms with E-state index < -0.39 is 10.0 Å². The fourth-order valence-corrected chi connectivity index (χ4v) is 4.31. The number of rotatable bonds is 5. The average molecular weight is 385 g/mol. The van der Waals surface area contributed by atoms with Crippen LogP contribution in [0.25, 0.3) is 21.7 Å². The van der Waals surface area contributed by atoms with E-state index in [2.05, 4.69) is 14.7 Å². The molecule has 2 aromatic heterocycles. The molecule has 4 rings (SSSR count). The number of methoxy groups -OCH3 is 1. The van der Waals surface area contributed by atoms with Gasteiger partial charge in [0.05, 0.1) is 27.9 Å². The number of hydrogen-bond acceptors (Lipinski definition) is 5.